The molecule has 0 aliphatic heterocycles. The quantitative estimate of drug-likeness (QED) is 0.235. The minimum absolute atomic E-state index is 0.0928. The number of imidazole rings is 1. The summed E-state index contributed by atoms with van der Waals surface area (Å²) in [6.07, 6.45) is 0. The number of pyridine rings is 1. The average Bonchev–Trinajstić information content (AvgIpc) is 3.60. The van der Waals surface area contributed by atoms with E-state index in [-0.39, 0.29) is 12.3 Å². The van der Waals surface area contributed by atoms with Gasteiger partial charge in [0.15, 0.2) is 0 Å². The van der Waals surface area contributed by atoms with Gasteiger partial charge >= 0.3 is 0 Å². The fourth-order valence-corrected chi connectivity index (χ4v) is 6.38. The van der Waals surface area contributed by atoms with Crippen LogP contribution in [-0.2, 0) is 5.41 Å². The minimum Gasteiger partial charge on any atom is -0.438 e. The standard InChI is InChI=1S/C35H27N3O/c1-20-17-25-23-9-5-6-10-27(23)35(3,4)28(25)19-31(20)38-30-12-8-7-11-29(30)37-33(38)22-14-16-32-26(18-22)24-15-13-21(2)36-34(24)39-32/h5-19H,1-4H3/i2D. The molecule has 0 amide bonds. The van der Waals surface area contributed by atoms with E-state index in [1.54, 1.807) is 0 Å². The lowest BCUT2D eigenvalue weighted by molar-refractivity contribution is 0.652. The van der Waals surface area contributed by atoms with Crippen LogP contribution in [0.5, 0.6) is 0 Å². The maximum absolute atomic E-state index is 7.67. The molecule has 0 atom stereocenters. The van der Waals surface area contributed by atoms with Crippen LogP contribution in [0.2, 0.25) is 0 Å². The Hall–Kier alpha value is -4.70. The first-order valence-electron chi connectivity index (χ1n) is 14.0. The lowest BCUT2D eigenvalue weighted by atomic mass is 9.82. The SMILES string of the molecule is [2H]Cc1ccc2c(n1)oc1ccc(-c3nc4ccccc4n3-c3cc4c(cc3C)-c3ccccc3C4(C)C)cc12. The molecule has 0 unspecified atom stereocenters. The first-order valence-corrected chi connectivity index (χ1v) is 13.3. The second kappa shape index (κ2) is 7.67. The van der Waals surface area contributed by atoms with Gasteiger partial charge in [0.05, 0.1) is 16.7 Å². The Morgan fingerprint density at radius 1 is 0.795 bits per heavy atom. The van der Waals surface area contributed by atoms with Gasteiger partial charge in [-0.1, -0.05) is 50.2 Å². The molecular formula is C35H27N3O. The molecule has 0 saturated carbocycles. The molecule has 0 bridgehead atoms. The van der Waals surface area contributed by atoms with Crippen LogP contribution < -0.4 is 0 Å². The highest BCUT2D eigenvalue weighted by atomic mass is 16.3. The van der Waals surface area contributed by atoms with E-state index in [9.17, 15) is 0 Å². The molecule has 4 aromatic carbocycles. The van der Waals surface area contributed by atoms with Crippen molar-refractivity contribution in [2.45, 2.75) is 33.1 Å². The molecule has 8 rings (SSSR count). The summed E-state index contributed by atoms with van der Waals surface area (Å²) >= 11 is 0. The molecule has 4 heteroatoms. The average molecular weight is 507 g/mol. The fourth-order valence-electron chi connectivity index (χ4n) is 6.38. The third kappa shape index (κ3) is 3.06. The zero-order chi connectivity index (χ0) is 27.2. The third-order valence-corrected chi connectivity index (χ3v) is 8.35. The van der Waals surface area contributed by atoms with Crippen molar-refractivity contribution in [3.8, 4) is 28.2 Å². The van der Waals surface area contributed by atoms with Crippen molar-refractivity contribution >= 4 is 33.1 Å². The Morgan fingerprint density at radius 3 is 2.54 bits per heavy atom. The number of fused-ring (bicyclic) bond motifs is 7. The maximum Gasteiger partial charge on any atom is 0.227 e. The minimum atomic E-state index is -0.0928. The van der Waals surface area contributed by atoms with E-state index < -0.39 is 0 Å². The molecule has 4 nitrogen and oxygen atoms in total. The van der Waals surface area contributed by atoms with E-state index in [1.807, 2.05) is 24.3 Å². The van der Waals surface area contributed by atoms with Gasteiger partial charge in [-0.3, -0.25) is 4.57 Å². The normalized spacial score (nSPS) is 14.2. The van der Waals surface area contributed by atoms with Crippen molar-refractivity contribution in [1.29, 1.82) is 0 Å². The maximum atomic E-state index is 7.67. The Kier molecular flexibility index (Phi) is 4.18. The third-order valence-electron chi connectivity index (χ3n) is 8.35. The highest BCUT2D eigenvalue weighted by Gasteiger charge is 2.36. The van der Waals surface area contributed by atoms with Gasteiger partial charge in [0.2, 0.25) is 5.71 Å². The number of para-hydroxylation sites is 2. The summed E-state index contributed by atoms with van der Waals surface area (Å²) in [7, 11) is 0. The lowest BCUT2D eigenvalue weighted by Gasteiger charge is -2.23. The van der Waals surface area contributed by atoms with Crippen molar-refractivity contribution in [2.75, 3.05) is 0 Å². The fraction of sp³-hybridized carbons (Fsp3) is 0.143. The highest BCUT2D eigenvalue weighted by molar-refractivity contribution is 6.05. The van der Waals surface area contributed by atoms with Crippen molar-refractivity contribution in [1.82, 2.24) is 14.5 Å². The number of rotatable bonds is 2. The van der Waals surface area contributed by atoms with Gasteiger partial charge in [0.25, 0.3) is 0 Å². The zero-order valence-corrected chi connectivity index (χ0v) is 22.1. The molecule has 3 heterocycles. The molecule has 3 aromatic heterocycles. The van der Waals surface area contributed by atoms with E-state index in [0.717, 1.165) is 44.5 Å². The summed E-state index contributed by atoms with van der Waals surface area (Å²) in [5.41, 5.74) is 12.7. The number of nitrogens with zero attached hydrogens (tertiary/aromatic N) is 3. The van der Waals surface area contributed by atoms with Crippen LogP contribution in [0.15, 0.2) is 95.4 Å². The van der Waals surface area contributed by atoms with E-state index in [1.165, 1.54) is 27.8 Å². The van der Waals surface area contributed by atoms with Crippen LogP contribution in [0.3, 0.4) is 0 Å². The molecule has 0 radical (unpaired) electrons. The molecule has 0 fully saturated rings. The summed E-state index contributed by atoms with van der Waals surface area (Å²) in [6.45, 7) is 6.97. The predicted molar refractivity (Wildman–Crippen MR) is 159 cm³/mol. The smallest absolute Gasteiger partial charge is 0.227 e. The van der Waals surface area contributed by atoms with Crippen LogP contribution >= 0.6 is 0 Å². The van der Waals surface area contributed by atoms with Crippen LogP contribution in [0, 0.1) is 13.8 Å². The number of hydrogen-bond acceptors (Lipinski definition) is 3. The molecule has 0 saturated heterocycles. The van der Waals surface area contributed by atoms with Crippen molar-refractivity contribution in [2.24, 2.45) is 0 Å². The Morgan fingerprint density at radius 2 is 1.64 bits per heavy atom. The van der Waals surface area contributed by atoms with Crippen molar-refractivity contribution in [3.63, 3.8) is 0 Å². The zero-order valence-electron chi connectivity index (χ0n) is 23.1. The highest BCUT2D eigenvalue weighted by Crippen LogP contribution is 2.50. The molecule has 7 aromatic rings. The van der Waals surface area contributed by atoms with Gasteiger partial charge in [0, 0.05) is 28.8 Å². The molecule has 0 N–H and O–H groups in total. The van der Waals surface area contributed by atoms with E-state index >= 15 is 0 Å². The molecular weight excluding hydrogens is 478 g/mol. The van der Waals surface area contributed by atoms with Crippen LogP contribution in [0.1, 0.15) is 37.6 Å². The summed E-state index contributed by atoms with van der Waals surface area (Å²) < 4.78 is 16.0. The van der Waals surface area contributed by atoms with Gasteiger partial charge in [-0.15, -0.1) is 0 Å². The van der Waals surface area contributed by atoms with Gasteiger partial charge in [-0.05, 0) is 96.2 Å². The van der Waals surface area contributed by atoms with Gasteiger partial charge in [-0.2, -0.15) is 0 Å². The number of hydrogen-bond donors (Lipinski definition) is 0. The van der Waals surface area contributed by atoms with E-state index in [0.29, 0.717) is 11.4 Å². The molecule has 0 spiro atoms. The lowest BCUT2D eigenvalue weighted by Crippen LogP contribution is -2.15. The largest absolute Gasteiger partial charge is 0.438 e. The first-order chi connectivity index (χ1) is 19.4. The second-order valence-electron chi connectivity index (χ2n) is 11.1. The van der Waals surface area contributed by atoms with Crippen molar-refractivity contribution < 1.29 is 5.79 Å². The van der Waals surface area contributed by atoms with Gasteiger partial charge in [0.1, 0.15) is 11.4 Å². The predicted octanol–water partition coefficient (Wildman–Crippen LogP) is 8.91. The number of aryl methyl sites for hydroxylation is 2. The number of benzene rings is 4. The van der Waals surface area contributed by atoms with E-state index in [2.05, 4.69) is 97.1 Å². The monoisotopic (exact) mass is 506 g/mol. The Labute approximate surface area is 228 Å². The molecule has 1 aliphatic carbocycles. The summed E-state index contributed by atoms with van der Waals surface area (Å²) in [5, 5.41) is 1.95. The Bertz CT molecular complexity index is 2150. The first kappa shape index (κ1) is 21.3. The van der Waals surface area contributed by atoms with Gasteiger partial charge in [-0.25, -0.2) is 9.97 Å². The van der Waals surface area contributed by atoms with Crippen LogP contribution in [0.4, 0.5) is 0 Å². The van der Waals surface area contributed by atoms with Gasteiger partial charge < -0.3 is 4.42 Å². The molecule has 39 heavy (non-hydrogen) atoms. The van der Waals surface area contributed by atoms with Crippen molar-refractivity contribution in [3.05, 3.63) is 113 Å². The number of furan rings is 1. The summed E-state index contributed by atoms with van der Waals surface area (Å²) in [5.74, 6) is 0.893. The summed E-state index contributed by atoms with van der Waals surface area (Å²) in [6, 6.07) is 32.0. The molecule has 188 valence electrons. The van der Waals surface area contributed by atoms with Crippen LogP contribution in [0.25, 0.3) is 61.3 Å². The number of aromatic nitrogens is 3. The second-order valence-corrected chi connectivity index (χ2v) is 11.1. The topological polar surface area (TPSA) is 43.9 Å². The Balaban J connectivity index is 1.38. The van der Waals surface area contributed by atoms with Crippen LogP contribution in [-0.4, -0.2) is 14.5 Å². The molecule has 1 aliphatic rings. The van der Waals surface area contributed by atoms with E-state index in [4.69, 9.17) is 10.8 Å². The summed E-state index contributed by atoms with van der Waals surface area (Å²) in [4.78, 5) is 9.69.